The minimum Gasteiger partial charge on any atom is -0.351 e. The maximum Gasteiger partial charge on any atom is 0.246 e. The van der Waals surface area contributed by atoms with Gasteiger partial charge >= 0.3 is 0 Å². The second-order valence-electron chi connectivity index (χ2n) is 8.19. The first-order chi connectivity index (χ1) is 14.7. The van der Waals surface area contributed by atoms with Gasteiger partial charge in [0.1, 0.15) is 5.65 Å². The van der Waals surface area contributed by atoms with Crippen LogP contribution in [0.3, 0.4) is 0 Å². The molecule has 31 heavy (non-hydrogen) atoms. The summed E-state index contributed by atoms with van der Waals surface area (Å²) in [6.45, 7) is 10.1. The number of aryl methyl sites for hydroxylation is 1. The van der Waals surface area contributed by atoms with Crippen LogP contribution in [0.2, 0.25) is 0 Å². The normalized spacial score (nSPS) is 12.3. The van der Waals surface area contributed by atoms with Crippen molar-refractivity contribution in [2.75, 3.05) is 6.54 Å². The molecule has 3 heterocycles. The molecule has 1 amide bonds. The predicted octanol–water partition coefficient (Wildman–Crippen LogP) is 4.25. The molecule has 0 aliphatic heterocycles. The molecule has 0 aliphatic rings. The summed E-state index contributed by atoms with van der Waals surface area (Å²) in [6.07, 6.45) is 16.4. The second-order valence-corrected chi connectivity index (χ2v) is 8.19. The van der Waals surface area contributed by atoms with E-state index in [0.717, 1.165) is 33.4 Å². The van der Waals surface area contributed by atoms with Gasteiger partial charge in [0.2, 0.25) is 5.91 Å². The highest BCUT2D eigenvalue weighted by molar-refractivity contribution is 5.93. The zero-order valence-corrected chi connectivity index (χ0v) is 18.4. The monoisotopic (exact) mass is 413 g/mol. The fourth-order valence-corrected chi connectivity index (χ4v) is 2.88. The Labute approximate surface area is 182 Å². The first-order valence-corrected chi connectivity index (χ1v) is 9.96. The first kappa shape index (κ1) is 21.8. The van der Waals surface area contributed by atoms with Crippen molar-refractivity contribution >= 4 is 22.5 Å². The molecule has 0 saturated heterocycles. The van der Waals surface area contributed by atoms with E-state index in [0.29, 0.717) is 12.1 Å². The number of H-pyrrole nitrogens is 1. The van der Waals surface area contributed by atoms with Gasteiger partial charge in [-0.05, 0) is 38.5 Å². The van der Waals surface area contributed by atoms with Crippen LogP contribution in [0.1, 0.15) is 26.3 Å². The average Bonchev–Trinajstić information content (AvgIpc) is 3.37. The minimum atomic E-state index is -0.374. The van der Waals surface area contributed by atoms with E-state index in [-0.39, 0.29) is 11.3 Å². The fraction of sp³-hybridized carbons (Fsp3) is 0.240. The maximum atomic E-state index is 12.2. The first-order valence-electron chi connectivity index (χ1n) is 9.96. The SMILES string of the molecule is C#CC(C)(C)CNC(=O)/C(C)=C/C=C\C(=C)c1cnc2[nH]c(-c3cnn(C)c3)cc2c1. The largest absolute Gasteiger partial charge is 0.351 e. The summed E-state index contributed by atoms with van der Waals surface area (Å²) in [5.41, 5.74) is 4.71. The van der Waals surface area contributed by atoms with E-state index in [9.17, 15) is 4.79 Å². The smallest absolute Gasteiger partial charge is 0.246 e. The van der Waals surface area contributed by atoms with Gasteiger partial charge in [-0.3, -0.25) is 9.48 Å². The van der Waals surface area contributed by atoms with Crippen LogP contribution in [0.15, 0.2) is 61.1 Å². The molecular formula is C25H27N5O. The minimum absolute atomic E-state index is 0.142. The Balaban J connectivity index is 1.68. The summed E-state index contributed by atoms with van der Waals surface area (Å²) in [7, 11) is 1.89. The van der Waals surface area contributed by atoms with E-state index in [2.05, 4.69) is 32.9 Å². The van der Waals surface area contributed by atoms with Gasteiger partial charge in [0.15, 0.2) is 0 Å². The zero-order valence-electron chi connectivity index (χ0n) is 18.4. The van der Waals surface area contributed by atoms with E-state index in [1.165, 1.54) is 0 Å². The maximum absolute atomic E-state index is 12.2. The molecule has 0 bridgehead atoms. The number of amides is 1. The van der Waals surface area contributed by atoms with Crippen molar-refractivity contribution in [2.24, 2.45) is 12.5 Å². The Kier molecular flexibility index (Phi) is 6.26. The van der Waals surface area contributed by atoms with Crippen LogP contribution in [0.5, 0.6) is 0 Å². The summed E-state index contributed by atoms with van der Waals surface area (Å²) in [5.74, 6) is 2.52. The summed E-state index contributed by atoms with van der Waals surface area (Å²) < 4.78 is 1.76. The predicted molar refractivity (Wildman–Crippen MR) is 126 cm³/mol. The zero-order chi connectivity index (χ0) is 22.6. The molecular weight excluding hydrogens is 386 g/mol. The van der Waals surface area contributed by atoms with E-state index < -0.39 is 0 Å². The lowest BCUT2D eigenvalue weighted by atomic mass is 9.95. The number of fused-ring (bicyclic) bond motifs is 1. The number of rotatable bonds is 7. The van der Waals surface area contributed by atoms with Gasteiger partial charge in [-0.15, -0.1) is 6.42 Å². The highest BCUT2D eigenvalue weighted by Gasteiger charge is 2.15. The van der Waals surface area contributed by atoms with E-state index in [1.54, 1.807) is 23.9 Å². The Hall–Kier alpha value is -3.85. The Morgan fingerprint density at radius 3 is 2.84 bits per heavy atom. The number of aromatic amines is 1. The molecule has 158 valence electrons. The standard InChI is InChI=1S/C25H27N5O/c1-7-25(4,5)16-27-24(31)18(3)10-8-9-17(2)20-11-19-12-22(29-23(19)26-13-20)21-14-28-30(6)15-21/h1,8-15H,2,16H2,3-6H3,(H,26,29)(H,27,31)/b9-8-,18-10+. The number of carbonyl (C=O) groups excluding carboxylic acids is 1. The molecule has 3 aromatic rings. The number of carbonyl (C=O) groups is 1. The van der Waals surface area contributed by atoms with Gasteiger partial charge in [-0.2, -0.15) is 5.10 Å². The van der Waals surface area contributed by atoms with E-state index >= 15 is 0 Å². The average molecular weight is 414 g/mol. The number of hydrogen-bond acceptors (Lipinski definition) is 3. The highest BCUT2D eigenvalue weighted by atomic mass is 16.1. The molecule has 3 rings (SSSR count). The molecule has 0 saturated carbocycles. The molecule has 6 nitrogen and oxygen atoms in total. The van der Waals surface area contributed by atoms with Crippen molar-refractivity contribution in [1.29, 1.82) is 0 Å². The van der Waals surface area contributed by atoms with Gasteiger partial charge in [-0.1, -0.05) is 30.7 Å². The molecule has 0 aliphatic carbocycles. The van der Waals surface area contributed by atoms with Crippen LogP contribution >= 0.6 is 0 Å². The van der Waals surface area contributed by atoms with Crippen LogP contribution in [0.4, 0.5) is 0 Å². The molecule has 0 fully saturated rings. The topological polar surface area (TPSA) is 75.6 Å². The summed E-state index contributed by atoms with van der Waals surface area (Å²) in [6, 6.07) is 4.09. The number of allylic oxidation sites excluding steroid dienone is 4. The fourth-order valence-electron chi connectivity index (χ4n) is 2.88. The Bertz CT molecular complexity index is 1230. The van der Waals surface area contributed by atoms with Crippen LogP contribution in [0.25, 0.3) is 27.9 Å². The molecule has 0 radical (unpaired) electrons. The summed E-state index contributed by atoms with van der Waals surface area (Å²) in [5, 5.41) is 8.06. The molecule has 0 unspecified atom stereocenters. The lowest BCUT2D eigenvalue weighted by Crippen LogP contribution is -2.33. The lowest BCUT2D eigenvalue weighted by molar-refractivity contribution is -0.117. The van der Waals surface area contributed by atoms with Crippen molar-refractivity contribution in [2.45, 2.75) is 20.8 Å². The second kappa shape index (κ2) is 8.88. The third kappa shape index (κ3) is 5.40. The molecule has 2 N–H and O–H groups in total. The van der Waals surface area contributed by atoms with Crippen molar-refractivity contribution in [3.8, 4) is 23.6 Å². The third-order valence-electron chi connectivity index (χ3n) is 4.94. The van der Waals surface area contributed by atoms with Crippen molar-refractivity contribution in [3.63, 3.8) is 0 Å². The van der Waals surface area contributed by atoms with Crippen LogP contribution in [-0.2, 0) is 11.8 Å². The third-order valence-corrected chi connectivity index (χ3v) is 4.94. The molecule has 0 aromatic carbocycles. The van der Waals surface area contributed by atoms with Crippen molar-refractivity contribution < 1.29 is 4.79 Å². The summed E-state index contributed by atoms with van der Waals surface area (Å²) in [4.78, 5) is 20.0. The Morgan fingerprint density at radius 1 is 1.39 bits per heavy atom. The van der Waals surface area contributed by atoms with Crippen LogP contribution in [0, 0.1) is 17.8 Å². The van der Waals surface area contributed by atoms with Crippen LogP contribution < -0.4 is 5.32 Å². The Morgan fingerprint density at radius 2 is 2.16 bits per heavy atom. The van der Waals surface area contributed by atoms with E-state index in [1.807, 2.05) is 57.6 Å². The highest BCUT2D eigenvalue weighted by Crippen LogP contribution is 2.25. The number of pyridine rings is 1. The van der Waals surface area contributed by atoms with Gasteiger partial charge in [0, 0.05) is 53.5 Å². The molecule has 3 aromatic heterocycles. The number of nitrogens with one attached hydrogen (secondary N) is 2. The van der Waals surface area contributed by atoms with Crippen LogP contribution in [-0.4, -0.2) is 32.2 Å². The quantitative estimate of drug-likeness (QED) is 0.345. The van der Waals surface area contributed by atoms with Gasteiger partial charge < -0.3 is 10.3 Å². The number of aromatic nitrogens is 4. The lowest BCUT2D eigenvalue weighted by Gasteiger charge is -2.17. The number of nitrogens with zero attached hydrogens (tertiary/aromatic N) is 3. The van der Waals surface area contributed by atoms with Crippen molar-refractivity contribution in [3.05, 3.63) is 66.7 Å². The van der Waals surface area contributed by atoms with Gasteiger partial charge in [-0.25, -0.2) is 4.98 Å². The van der Waals surface area contributed by atoms with Crippen molar-refractivity contribution in [1.82, 2.24) is 25.1 Å². The summed E-state index contributed by atoms with van der Waals surface area (Å²) >= 11 is 0. The van der Waals surface area contributed by atoms with Gasteiger partial charge in [0.05, 0.1) is 11.9 Å². The number of terminal acetylenes is 1. The van der Waals surface area contributed by atoms with Gasteiger partial charge in [0.25, 0.3) is 0 Å². The molecule has 6 heteroatoms. The number of hydrogen-bond donors (Lipinski definition) is 2. The van der Waals surface area contributed by atoms with E-state index in [4.69, 9.17) is 6.42 Å². The molecule has 0 spiro atoms. The molecule has 0 atom stereocenters.